The van der Waals surface area contributed by atoms with Crippen molar-refractivity contribution in [3.63, 3.8) is 0 Å². The Kier molecular flexibility index (Phi) is 2.69. The molecule has 62 valence electrons. The Balaban J connectivity index is 3.19. The van der Waals surface area contributed by atoms with Gasteiger partial charge in [-0.3, -0.25) is 4.68 Å². The average Bonchev–Trinajstić information content (AvgIpc) is 2.17. The zero-order valence-electron chi connectivity index (χ0n) is 5.48. The number of hydrogen-bond donors (Lipinski definition) is 0. The lowest BCUT2D eigenvalue weighted by Crippen LogP contribution is -1.92. The maximum Gasteiger partial charge on any atom is 0.283 e. The number of aryl methyl sites for hydroxylation is 1. The zero-order chi connectivity index (χ0) is 8.59. The molecule has 0 saturated carbocycles. The number of hydrogen-bond acceptors (Lipinski definition) is 1. The molecule has 0 aliphatic heterocycles. The molecular formula is C5H4ClF2IN2. The standard InChI is InChI=1S/C5H4ClF2IN2/c1-11-4(6)2(9)3(10-11)5(7)8/h5H,1H3. The summed E-state index contributed by atoms with van der Waals surface area (Å²) in [5.74, 6) is 0. The first-order valence-corrected chi connectivity index (χ1v) is 4.15. The molecule has 0 fully saturated rings. The fraction of sp³-hybridized carbons (Fsp3) is 0.400. The molecular weight excluding hydrogens is 288 g/mol. The molecule has 1 aromatic heterocycles. The molecule has 0 bridgehead atoms. The molecule has 0 aliphatic rings. The van der Waals surface area contributed by atoms with Gasteiger partial charge in [-0.05, 0) is 22.6 Å². The summed E-state index contributed by atoms with van der Waals surface area (Å²) in [4.78, 5) is 0. The van der Waals surface area contributed by atoms with Crippen LogP contribution in [0.5, 0.6) is 0 Å². The molecule has 2 nitrogen and oxygen atoms in total. The van der Waals surface area contributed by atoms with Crippen molar-refractivity contribution in [3.8, 4) is 0 Å². The SMILES string of the molecule is Cn1nc(C(F)F)c(I)c1Cl. The van der Waals surface area contributed by atoms with Crippen molar-refractivity contribution < 1.29 is 8.78 Å². The highest BCUT2D eigenvalue weighted by molar-refractivity contribution is 14.1. The van der Waals surface area contributed by atoms with Crippen molar-refractivity contribution in [2.24, 2.45) is 7.05 Å². The Bertz CT molecular complexity index is 274. The fourth-order valence-corrected chi connectivity index (χ4v) is 1.46. The largest absolute Gasteiger partial charge is 0.283 e. The average molecular weight is 292 g/mol. The highest BCUT2D eigenvalue weighted by Crippen LogP contribution is 2.28. The van der Waals surface area contributed by atoms with Crippen molar-refractivity contribution >= 4 is 34.2 Å². The molecule has 0 atom stereocenters. The fourth-order valence-electron chi connectivity index (χ4n) is 0.637. The first-order chi connectivity index (χ1) is 5.04. The van der Waals surface area contributed by atoms with Gasteiger partial charge in [0.05, 0.1) is 3.57 Å². The molecule has 1 aromatic rings. The van der Waals surface area contributed by atoms with E-state index in [2.05, 4.69) is 5.10 Å². The minimum atomic E-state index is -2.56. The van der Waals surface area contributed by atoms with Crippen LogP contribution < -0.4 is 0 Å². The van der Waals surface area contributed by atoms with E-state index in [1.165, 1.54) is 11.7 Å². The van der Waals surface area contributed by atoms with Gasteiger partial charge in [0.25, 0.3) is 6.43 Å². The van der Waals surface area contributed by atoms with Gasteiger partial charge in [0.1, 0.15) is 10.8 Å². The van der Waals surface area contributed by atoms with Gasteiger partial charge in [0.15, 0.2) is 0 Å². The molecule has 0 saturated heterocycles. The number of nitrogens with zero attached hydrogens (tertiary/aromatic N) is 2. The predicted molar refractivity (Wildman–Crippen MR) is 45.9 cm³/mol. The third-order valence-electron chi connectivity index (χ3n) is 1.15. The lowest BCUT2D eigenvalue weighted by Gasteiger charge is -1.90. The van der Waals surface area contributed by atoms with Crippen molar-refractivity contribution in [1.82, 2.24) is 9.78 Å². The Morgan fingerprint density at radius 1 is 1.64 bits per heavy atom. The maximum absolute atomic E-state index is 12.1. The van der Waals surface area contributed by atoms with Gasteiger partial charge >= 0.3 is 0 Å². The van der Waals surface area contributed by atoms with Crippen LogP contribution in [0.1, 0.15) is 12.1 Å². The van der Waals surface area contributed by atoms with Gasteiger partial charge in [-0.1, -0.05) is 11.6 Å². The minimum absolute atomic E-state index is 0.251. The van der Waals surface area contributed by atoms with Crippen LogP contribution in [0.15, 0.2) is 0 Å². The van der Waals surface area contributed by atoms with E-state index in [4.69, 9.17) is 11.6 Å². The van der Waals surface area contributed by atoms with E-state index in [-0.39, 0.29) is 10.8 Å². The van der Waals surface area contributed by atoms with E-state index >= 15 is 0 Å². The van der Waals surface area contributed by atoms with Gasteiger partial charge in [0.2, 0.25) is 0 Å². The smallest absolute Gasteiger partial charge is 0.256 e. The Morgan fingerprint density at radius 2 is 2.18 bits per heavy atom. The van der Waals surface area contributed by atoms with Crippen molar-refractivity contribution in [2.75, 3.05) is 0 Å². The monoisotopic (exact) mass is 292 g/mol. The van der Waals surface area contributed by atoms with E-state index in [9.17, 15) is 8.78 Å². The quantitative estimate of drug-likeness (QED) is 0.728. The summed E-state index contributed by atoms with van der Waals surface area (Å²) in [5.41, 5.74) is -0.252. The first kappa shape index (κ1) is 9.18. The van der Waals surface area contributed by atoms with Crippen molar-refractivity contribution in [2.45, 2.75) is 6.43 Å². The number of alkyl halides is 2. The van der Waals surface area contributed by atoms with E-state index in [1.54, 1.807) is 22.6 Å². The highest BCUT2D eigenvalue weighted by Gasteiger charge is 2.19. The number of aromatic nitrogens is 2. The molecule has 0 aliphatic carbocycles. The van der Waals surface area contributed by atoms with E-state index in [0.29, 0.717) is 3.57 Å². The van der Waals surface area contributed by atoms with Crippen LogP contribution in [-0.4, -0.2) is 9.78 Å². The van der Waals surface area contributed by atoms with Crippen LogP contribution in [0.4, 0.5) is 8.78 Å². The summed E-state index contributed by atoms with van der Waals surface area (Å²) in [6.07, 6.45) is -2.56. The summed E-state index contributed by atoms with van der Waals surface area (Å²) in [5, 5.41) is 3.79. The van der Waals surface area contributed by atoms with Gasteiger partial charge < -0.3 is 0 Å². The van der Waals surface area contributed by atoms with E-state index < -0.39 is 6.43 Å². The Labute approximate surface area is 80.7 Å². The maximum atomic E-state index is 12.1. The van der Waals surface area contributed by atoms with E-state index in [0.717, 1.165) is 0 Å². The van der Waals surface area contributed by atoms with Gasteiger partial charge in [0, 0.05) is 7.05 Å². The summed E-state index contributed by atoms with van der Waals surface area (Å²) < 4.78 is 25.7. The molecule has 6 heteroatoms. The summed E-state index contributed by atoms with van der Waals surface area (Å²) in [6.45, 7) is 0. The van der Waals surface area contributed by atoms with Crippen LogP contribution in [-0.2, 0) is 7.05 Å². The molecule has 0 aromatic carbocycles. The van der Waals surface area contributed by atoms with Crippen LogP contribution in [0, 0.1) is 3.57 Å². The molecule has 1 heterocycles. The molecule has 0 unspecified atom stereocenters. The summed E-state index contributed by atoms with van der Waals surface area (Å²) in [6, 6.07) is 0. The molecule has 1 rings (SSSR count). The molecule has 11 heavy (non-hydrogen) atoms. The number of halogens is 4. The second-order valence-electron chi connectivity index (χ2n) is 1.91. The van der Waals surface area contributed by atoms with Gasteiger partial charge in [-0.2, -0.15) is 5.10 Å². The molecule has 0 spiro atoms. The molecule has 0 radical (unpaired) electrons. The highest BCUT2D eigenvalue weighted by atomic mass is 127. The van der Waals surface area contributed by atoms with Crippen molar-refractivity contribution in [1.29, 1.82) is 0 Å². The Hall–Kier alpha value is 0.0900. The third kappa shape index (κ3) is 1.64. The van der Waals surface area contributed by atoms with Crippen LogP contribution in [0.25, 0.3) is 0 Å². The predicted octanol–water partition coefficient (Wildman–Crippen LogP) is 2.62. The van der Waals surface area contributed by atoms with Crippen molar-refractivity contribution in [3.05, 3.63) is 14.4 Å². The molecule has 0 amide bonds. The topological polar surface area (TPSA) is 17.8 Å². The first-order valence-electron chi connectivity index (χ1n) is 2.70. The van der Waals surface area contributed by atoms with Crippen LogP contribution >= 0.6 is 34.2 Å². The minimum Gasteiger partial charge on any atom is -0.256 e. The zero-order valence-corrected chi connectivity index (χ0v) is 8.40. The lowest BCUT2D eigenvalue weighted by atomic mass is 10.5. The number of rotatable bonds is 1. The van der Waals surface area contributed by atoms with Crippen LogP contribution in [0.3, 0.4) is 0 Å². The van der Waals surface area contributed by atoms with Crippen LogP contribution in [0.2, 0.25) is 5.15 Å². The normalized spacial score (nSPS) is 11.1. The van der Waals surface area contributed by atoms with Gasteiger partial charge in [-0.15, -0.1) is 0 Å². The Morgan fingerprint density at radius 3 is 2.36 bits per heavy atom. The lowest BCUT2D eigenvalue weighted by molar-refractivity contribution is 0.144. The molecule has 0 N–H and O–H groups in total. The van der Waals surface area contributed by atoms with E-state index in [1.807, 2.05) is 0 Å². The third-order valence-corrected chi connectivity index (χ3v) is 2.97. The summed E-state index contributed by atoms with van der Waals surface area (Å²) >= 11 is 7.35. The summed E-state index contributed by atoms with van der Waals surface area (Å²) in [7, 11) is 1.52. The second kappa shape index (κ2) is 3.22. The van der Waals surface area contributed by atoms with Gasteiger partial charge in [-0.25, -0.2) is 8.78 Å². The second-order valence-corrected chi connectivity index (χ2v) is 3.35.